The molecule has 0 saturated heterocycles. The van der Waals surface area contributed by atoms with E-state index in [-0.39, 0.29) is 0 Å². The van der Waals surface area contributed by atoms with Gasteiger partial charge in [0.25, 0.3) is 0 Å². The Balaban J connectivity index is 2.29. The van der Waals surface area contributed by atoms with Crippen LogP contribution in [0.5, 0.6) is 17.2 Å². The molecule has 1 aromatic carbocycles. The van der Waals surface area contributed by atoms with Gasteiger partial charge in [0.1, 0.15) is 5.82 Å². The van der Waals surface area contributed by atoms with E-state index in [1.54, 1.807) is 27.5 Å². The van der Waals surface area contributed by atoms with E-state index in [1.165, 1.54) is 0 Å². The Morgan fingerprint density at radius 2 is 1.58 bits per heavy atom. The van der Waals surface area contributed by atoms with Gasteiger partial charge in [-0.15, -0.1) is 0 Å². The average Bonchev–Trinajstić information content (AvgIpc) is 2.67. The van der Waals surface area contributed by atoms with Crippen LogP contribution in [0.25, 0.3) is 0 Å². The van der Waals surface area contributed by atoms with Crippen molar-refractivity contribution >= 4 is 17.5 Å². The smallest absolute Gasteiger partial charge is 0.227 e. The summed E-state index contributed by atoms with van der Waals surface area (Å²) in [6.45, 7) is 6.17. The summed E-state index contributed by atoms with van der Waals surface area (Å²) in [5, 5.41) is 3.29. The molecule has 0 aliphatic heterocycles. The van der Waals surface area contributed by atoms with Gasteiger partial charge in [-0.25, -0.2) is 4.98 Å². The van der Waals surface area contributed by atoms with Crippen LogP contribution in [-0.4, -0.2) is 44.4 Å². The number of nitrogens with zero attached hydrogens (tertiary/aromatic N) is 3. The topological polar surface area (TPSA) is 68.7 Å². The van der Waals surface area contributed by atoms with Crippen LogP contribution in [-0.2, 0) is 0 Å². The molecule has 0 aliphatic rings. The second kappa shape index (κ2) is 9.70. The van der Waals surface area contributed by atoms with Gasteiger partial charge in [-0.1, -0.05) is 13.8 Å². The van der Waals surface area contributed by atoms with E-state index in [1.807, 2.05) is 18.2 Å². The number of ether oxygens (including phenoxy) is 3. The van der Waals surface area contributed by atoms with Crippen LogP contribution in [0.2, 0.25) is 0 Å². The minimum absolute atomic E-state index is 0.556. The van der Waals surface area contributed by atoms with Gasteiger partial charge in [-0.05, 0) is 18.9 Å². The molecule has 0 fully saturated rings. The van der Waals surface area contributed by atoms with Gasteiger partial charge in [0.15, 0.2) is 11.5 Å². The Bertz CT molecular complexity index is 678. The molecule has 2 rings (SSSR count). The zero-order valence-corrected chi connectivity index (χ0v) is 16.2. The van der Waals surface area contributed by atoms with E-state index < -0.39 is 0 Å². The highest BCUT2D eigenvalue weighted by Gasteiger charge is 2.14. The van der Waals surface area contributed by atoms with Crippen molar-refractivity contribution in [2.24, 2.45) is 0 Å². The highest BCUT2D eigenvalue weighted by Crippen LogP contribution is 2.40. The molecule has 0 aliphatic carbocycles. The summed E-state index contributed by atoms with van der Waals surface area (Å²) in [5.41, 5.74) is 0.793. The van der Waals surface area contributed by atoms with Crippen LogP contribution < -0.4 is 24.4 Å². The Morgan fingerprint density at radius 1 is 0.962 bits per heavy atom. The molecule has 1 N–H and O–H groups in total. The van der Waals surface area contributed by atoms with E-state index in [2.05, 4.69) is 34.0 Å². The zero-order valence-electron chi connectivity index (χ0n) is 16.2. The van der Waals surface area contributed by atoms with Gasteiger partial charge in [-0.3, -0.25) is 0 Å². The van der Waals surface area contributed by atoms with E-state index in [9.17, 15) is 0 Å². The van der Waals surface area contributed by atoms with Gasteiger partial charge in [0, 0.05) is 37.1 Å². The first-order valence-electron chi connectivity index (χ1n) is 8.81. The van der Waals surface area contributed by atoms with Crippen molar-refractivity contribution in [1.82, 2.24) is 9.97 Å². The van der Waals surface area contributed by atoms with Crippen LogP contribution in [0.15, 0.2) is 24.4 Å². The average molecular weight is 360 g/mol. The summed E-state index contributed by atoms with van der Waals surface area (Å²) in [6, 6.07) is 5.53. The van der Waals surface area contributed by atoms with Crippen molar-refractivity contribution in [2.45, 2.75) is 26.7 Å². The lowest BCUT2D eigenvalue weighted by Crippen LogP contribution is -2.27. The lowest BCUT2D eigenvalue weighted by molar-refractivity contribution is 0.324. The van der Waals surface area contributed by atoms with Crippen LogP contribution in [0, 0.1) is 0 Å². The predicted molar refractivity (Wildman–Crippen MR) is 104 cm³/mol. The number of benzene rings is 1. The fourth-order valence-corrected chi connectivity index (χ4v) is 2.72. The summed E-state index contributed by atoms with van der Waals surface area (Å²) < 4.78 is 16.2. The molecular weight excluding hydrogens is 332 g/mol. The van der Waals surface area contributed by atoms with Gasteiger partial charge in [0.2, 0.25) is 11.7 Å². The number of anilines is 3. The highest BCUT2D eigenvalue weighted by molar-refractivity contribution is 5.66. The number of hydrogen-bond donors (Lipinski definition) is 1. The molecule has 26 heavy (non-hydrogen) atoms. The molecule has 0 saturated carbocycles. The lowest BCUT2D eigenvalue weighted by atomic mass is 10.2. The second-order valence-corrected chi connectivity index (χ2v) is 5.77. The minimum Gasteiger partial charge on any atom is -0.493 e. The third kappa shape index (κ3) is 4.68. The molecular formula is C19H28N4O3. The fraction of sp³-hybridized carbons (Fsp3) is 0.474. The maximum Gasteiger partial charge on any atom is 0.227 e. The quantitative estimate of drug-likeness (QED) is 0.689. The van der Waals surface area contributed by atoms with E-state index in [4.69, 9.17) is 14.2 Å². The molecule has 0 unspecified atom stereocenters. The molecule has 1 heterocycles. The fourth-order valence-electron chi connectivity index (χ4n) is 2.72. The third-order valence-electron chi connectivity index (χ3n) is 3.85. The van der Waals surface area contributed by atoms with Crippen molar-refractivity contribution in [2.75, 3.05) is 44.6 Å². The maximum absolute atomic E-state index is 5.40. The van der Waals surface area contributed by atoms with Crippen molar-refractivity contribution < 1.29 is 14.2 Å². The van der Waals surface area contributed by atoms with Gasteiger partial charge < -0.3 is 24.4 Å². The summed E-state index contributed by atoms with van der Waals surface area (Å²) in [7, 11) is 4.77. The van der Waals surface area contributed by atoms with Crippen LogP contribution >= 0.6 is 0 Å². The van der Waals surface area contributed by atoms with Crippen molar-refractivity contribution in [1.29, 1.82) is 0 Å². The maximum atomic E-state index is 5.40. The molecule has 0 bridgehead atoms. The SMILES string of the molecule is CCCN(CCC)c1nccc(Nc2cc(OC)c(OC)c(OC)c2)n1. The summed E-state index contributed by atoms with van der Waals surface area (Å²) in [4.78, 5) is 11.3. The first-order valence-corrected chi connectivity index (χ1v) is 8.81. The Hall–Kier alpha value is -2.70. The molecule has 0 amide bonds. The first-order chi connectivity index (χ1) is 12.7. The zero-order chi connectivity index (χ0) is 18.9. The van der Waals surface area contributed by atoms with E-state index in [0.717, 1.165) is 37.6 Å². The first kappa shape index (κ1) is 19.6. The predicted octanol–water partition coefficient (Wildman–Crippen LogP) is 3.87. The Kier molecular flexibility index (Phi) is 7.32. The van der Waals surface area contributed by atoms with Gasteiger partial charge in [-0.2, -0.15) is 4.98 Å². The monoisotopic (exact) mass is 360 g/mol. The minimum atomic E-state index is 0.556. The molecule has 142 valence electrons. The van der Waals surface area contributed by atoms with Crippen LogP contribution in [0.3, 0.4) is 0 Å². The molecule has 1 aromatic heterocycles. The number of hydrogen-bond acceptors (Lipinski definition) is 7. The highest BCUT2D eigenvalue weighted by atomic mass is 16.5. The molecule has 7 nitrogen and oxygen atoms in total. The lowest BCUT2D eigenvalue weighted by Gasteiger charge is -2.21. The van der Waals surface area contributed by atoms with E-state index in [0.29, 0.717) is 23.1 Å². The number of aromatic nitrogens is 2. The Labute approximate surface area is 155 Å². The molecule has 7 heteroatoms. The number of nitrogens with one attached hydrogen (secondary N) is 1. The molecule has 0 atom stereocenters. The van der Waals surface area contributed by atoms with Crippen molar-refractivity contribution in [3.8, 4) is 17.2 Å². The number of methoxy groups -OCH3 is 3. The normalized spacial score (nSPS) is 10.3. The van der Waals surface area contributed by atoms with Crippen molar-refractivity contribution in [3.63, 3.8) is 0 Å². The van der Waals surface area contributed by atoms with Gasteiger partial charge in [0.05, 0.1) is 21.3 Å². The standard InChI is InChI=1S/C19H28N4O3/c1-6-10-23(11-7-2)19-20-9-8-17(22-19)21-14-12-15(24-3)18(26-5)16(13-14)25-4/h8-9,12-13H,6-7,10-11H2,1-5H3,(H,20,21,22). The second-order valence-electron chi connectivity index (χ2n) is 5.77. The summed E-state index contributed by atoms with van der Waals surface area (Å²) >= 11 is 0. The van der Waals surface area contributed by atoms with Crippen LogP contribution in [0.1, 0.15) is 26.7 Å². The molecule has 0 radical (unpaired) electrons. The third-order valence-corrected chi connectivity index (χ3v) is 3.85. The van der Waals surface area contributed by atoms with E-state index >= 15 is 0 Å². The molecule has 2 aromatic rings. The Morgan fingerprint density at radius 3 is 2.08 bits per heavy atom. The van der Waals surface area contributed by atoms with Gasteiger partial charge >= 0.3 is 0 Å². The largest absolute Gasteiger partial charge is 0.493 e. The van der Waals surface area contributed by atoms with Crippen LogP contribution in [0.4, 0.5) is 17.5 Å². The molecule has 0 spiro atoms. The van der Waals surface area contributed by atoms with Crippen molar-refractivity contribution in [3.05, 3.63) is 24.4 Å². The summed E-state index contributed by atoms with van der Waals surface area (Å²) in [5.74, 6) is 3.16. The number of rotatable bonds is 10. The summed E-state index contributed by atoms with van der Waals surface area (Å²) in [6.07, 6.45) is 3.86.